The van der Waals surface area contributed by atoms with Crippen molar-refractivity contribution in [2.45, 2.75) is 6.92 Å². The fourth-order valence-corrected chi connectivity index (χ4v) is 1.92. The lowest BCUT2D eigenvalue weighted by Gasteiger charge is -1.95. The van der Waals surface area contributed by atoms with E-state index in [1.54, 1.807) is 4.99 Å². The average molecular weight is 235 g/mol. The Morgan fingerprint density at radius 3 is 3.09 bits per heavy atom. The maximum Gasteiger partial charge on any atom is 0.222 e. The first-order valence-corrected chi connectivity index (χ1v) is 4.91. The summed E-state index contributed by atoms with van der Waals surface area (Å²) < 4.78 is 0. The van der Waals surface area contributed by atoms with Crippen molar-refractivity contribution in [3.63, 3.8) is 0 Å². The zero-order valence-corrected chi connectivity index (χ0v) is 8.33. The van der Waals surface area contributed by atoms with Gasteiger partial charge in [0.2, 0.25) is 5.91 Å². The first-order valence-electron chi connectivity index (χ1n) is 3.00. The van der Waals surface area contributed by atoms with Gasteiger partial charge in [-0.1, -0.05) is 27.7 Å². The van der Waals surface area contributed by atoms with Crippen LogP contribution >= 0.6 is 27.7 Å². The predicted octanol–water partition coefficient (Wildman–Crippen LogP) is 1.46. The first-order chi connectivity index (χ1) is 5.22. The quantitative estimate of drug-likeness (QED) is 0.690. The van der Waals surface area contributed by atoms with Gasteiger partial charge in [0.05, 0.1) is 5.70 Å². The highest BCUT2D eigenvalue weighted by molar-refractivity contribution is 9.11. The van der Waals surface area contributed by atoms with Crippen LogP contribution in [0.1, 0.15) is 6.92 Å². The highest BCUT2D eigenvalue weighted by atomic mass is 79.9. The molecule has 60 valence electrons. The van der Waals surface area contributed by atoms with Crippen LogP contribution in [0, 0.1) is 0 Å². The summed E-state index contributed by atoms with van der Waals surface area (Å²) in [6.07, 6.45) is 0. The van der Waals surface area contributed by atoms with Crippen LogP contribution in [0.4, 0.5) is 0 Å². The standard InChI is InChI=1S/C6H7BrN2OS/c1-4(10)8-6-9-5(2-7)3-11-6/h2H,3H2,1H3,(H,8,9,10). The smallest absolute Gasteiger partial charge is 0.222 e. The third-order valence-electron chi connectivity index (χ3n) is 1.01. The van der Waals surface area contributed by atoms with Crippen LogP contribution in [0.2, 0.25) is 0 Å². The molecule has 0 aromatic carbocycles. The molecule has 0 aromatic heterocycles. The fourth-order valence-electron chi connectivity index (χ4n) is 0.608. The number of carbonyl (C=O) groups is 1. The zero-order chi connectivity index (χ0) is 8.27. The van der Waals surface area contributed by atoms with E-state index in [1.165, 1.54) is 18.7 Å². The van der Waals surface area contributed by atoms with E-state index in [-0.39, 0.29) is 5.91 Å². The zero-order valence-electron chi connectivity index (χ0n) is 5.93. The fraction of sp³-hybridized carbons (Fsp3) is 0.333. The second-order valence-corrected chi connectivity index (χ2v) is 3.41. The van der Waals surface area contributed by atoms with Gasteiger partial charge in [0, 0.05) is 17.7 Å². The number of carbonyl (C=O) groups excluding carboxylic acids is 1. The molecule has 1 amide bonds. The minimum Gasteiger partial charge on any atom is -0.305 e. The minimum absolute atomic E-state index is 0.0768. The SMILES string of the molecule is CC(=O)NC1=NC(=CBr)CS1. The number of aliphatic imine (C=N–C) groups is 1. The van der Waals surface area contributed by atoms with Gasteiger partial charge in [0.25, 0.3) is 0 Å². The van der Waals surface area contributed by atoms with Crippen LogP contribution < -0.4 is 5.32 Å². The number of nitrogens with zero attached hydrogens (tertiary/aromatic N) is 1. The van der Waals surface area contributed by atoms with Gasteiger partial charge >= 0.3 is 0 Å². The molecule has 1 N–H and O–H groups in total. The van der Waals surface area contributed by atoms with Crippen LogP contribution in [0.5, 0.6) is 0 Å². The summed E-state index contributed by atoms with van der Waals surface area (Å²) in [5, 5.41) is 3.30. The summed E-state index contributed by atoms with van der Waals surface area (Å²) in [6, 6.07) is 0. The third-order valence-corrected chi connectivity index (χ3v) is 2.45. The van der Waals surface area contributed by atoms with Crippen molar-refractivity contribution in [3.05, 3.63) is 10.7 Å². The topological polar surface area (TPSA) is 41.5 Å². The number of thioether (sulfide) groups is 1. The Morgan fingerprint density at radius 1 is 1.91 bits per heavy atom. The number of halogens is 1. The molecule has 0 spiro atoms. The summed E-state index contributed by atoms with van der Waals surface area (Å²) in [5.74, 6) is 0.744. The molecular weight excluding hydrogens is 228 g/mol. The van der Waals surface area contributed by atoms with E-state index in [2.05, 4.69) is 26.2 Å². The molecule has 0 saturated heterocycles. The largest absolute Gasteiger partial charge is 0.305 e. The molecule has 0 saturated carbocycles. The van der Waals surface area contributed by atoms with Gasteiger partial charge in [-0.15, -0.1) is 0 Å². The van der Waals surface area contributed by atoms with E-state index in [9.17, 15) is 4.79 Å². The maximum atomic E-state index is 10.6. The van der Waals surface area contributed by atoms with E-state index in [1.807, 2.05) is 0 Å². The molecule has 11 heavy (non-hydrogen) atoms. The van der Waals surface area contributed by atoms with E-state index in [0.29, 0.717) is 5.17 Å². The van der Waals surface area contributed by atoms with E-state index >= 15 is 0 Å². The minimum atomic E-state index is -0.0768. The van der Waals surface area contributed by atoms with Crippen LogP contribution in [0.25, 0.3) is 0 Å². The molecule has 0 unspecified atom stereocenters. The molecule has 1 aliphatic rings. The summed E-state index contributed by atoms with van der Waals surface area (Å²) in [4.78, 5) is 16.4. The van der Waals surface area contributed by atoms with Gasteiger partial charge in [-0.2, -0.15) is 0 Å². The average Bonchev–Trinajstić information content (AvgIpc) is 2.34. The van der Waals surface area contributed by atoms with Crippen molar-refractivity contribution < 1.29 is 4.79 Å². The Kier molecular flexibility index (Phi) is 3.14. The van der Waals surface area contributed by atoms with Crippen LogP contribution in [0.15, 0.2) is 15.7 Å². The number of hydrogen-bond donors (Lipinski definition) is 1. The van der Waals surface area contributed by atoms with Crippen LogP contribution in [-0.4, -0.2) is 16.8 Å². The predicted molar refractivity (Wildman–Crippen MR) is 50.7 cm³/mol. The Balaban J connectivity index is 2.56. The van der Waals surface area contributed by atoms with Crippen molar-refractivity contribution in [2.24, 2.45) is 4.99 Å². The van der Waals surface area contributed by atoms with Crippen LogP contribution in [0.3, 0.4) is 0 Å². The van der Waals surface area contributed by atoms with Crippen molar-refractivity contribution in [2.75, 3.05) is 5.75 Å². The van der Waals surface area contributed by atoms with Gasteiger partial charge in [-0.25, -0.2) is 4.99 Å². The molecule has 0 atom stereocenters. The lowest BCUT2D eigenvalue weighted by Crippen LogP contribution is -2.23. The van der Waals surface area contributed by atoms with Gasteiger partial charge in [0.15, 0.2) is 5.17 Å². The van der Waals surface area contributed by atoms with Gasteiger partial charge < -0.3 is 5.32 Å². The molecule has 1 rings (SSSR count). The molecule has 1 heterocycles. The highest BCUT2D eigenvalue weighted by Gasteiger charge is 2.11. The first kappa shape index (κ1) is 8.80. The molecule has 5 heteroatoms. The summed E-state index contributed by atoms with van der Waals surface area (Å²) in [6.45, 7) is 1.47. The summed E-state index contributed by atoms with van der Waals surface area (Å²) >= 11 is 4.70. The Morgan fingerprint density at radius 2 is 2.64 bits per heavy atom. The van der Waals surface area contributed by atoms with Crippen molar-refractivity contribution in [3.8, 4) is 0 Å². The summed E-state index contributed by atoms with van der Waals surface area (Å²) in [5.41, 5.74) is 0.943. The highest BCUT2D eigenvalue weighted by Crippen LogP contribution is 2.20. The van der Waals surface area contributed by atoms with E-state index in [4.69, 9.17) is 0 Å². The number of amidine groups is 1. The Hall–Kier alpha value is -0.290. The molecule has 0 bridgehead atoms. The van der Waals surface area contributed by atoms with Gasteiger partial charge in [-0.3, -0.25) is 4.79 Å². The molecule has 0 radical (unpaired) electrons. The second kappa shape index (κ2) is 3.92. The van der Waals surface area contributed by atoms with Crippen molar-refractivity contribution >= 4 is 38.8 Å². The number of amides is 1. The molecule has 0 aliphatic carbocycles. The Labute approximate surface area is 77.5 Å². The molecule has 0 aromatic rings. The van der Waals surface area contributed by atoms with Gasteiger partial charge in [-0.05, 0) is 0 Å². The third kappa shape index (κ3) is 2.67. The maximum absolute atomic E-state index is 10.6. The second-order valence-electron chi connectivity index (χ2n) is 1.99. The number of rotatable bonds is 0. The van der Waals surface area contributed by atoms with E-state index in [0.717, 1.165) is 11.4 Å². The molecule has 1 aliphatic heterocycles. The molecule has 0 fully saturated rings. The monoisotopic (exact) mass is 234 g/mol. The Bertz CT molecular complexity index is 237. The van der Waals surface area contributed by atoms with Gasteiger partial charge in [0.1, 0.15) is 0 Å². The molecule has 3 nitrogen and oxygen atoms in total. The van der Waals surface area contributed by atoms with Crippen molar-refractivity contribution in [1.29, 1.82) is 0 Å². The van der Waals surface area contributed by atoms with Crippen molar-refractivity contribution in [1.82, 2.24) is 5.32 Å². The van der Waals surface area contributed by atoms with E-state index < -0.39 is 0 Å². The normalized spacial score (nSPS) is 20.2. The summed E-state index contributed by atoms with van der Waals surface area (Å²) in [7, 11) is 0. The number of nitrogens with one attached hydrogen (secondary N) is 1. The lowest BCUT2D eigenvalue weighted by molar-refractivity contribution is -0.117. The number of hydrogen-bond acceptors (Lipinski definition) is 3. The molecular formula is C6H7BrN2OS. The van der Waals surface area contributed by atoms with Crippen LogP contribution in [-0.2, 0) is 4.79 Å². The lowest BCUT2D eigenvalue weighted by atomic mass is 10.6.